The van der Waals surface area contributed by atoms with E-state index in [1.165, 1.54) is 6.92 Å². The van der Waals surface area contributed by atoms with E-state index in [0.29, 0.717) is 23.1 Å². The molecule has 6 nitrogen and oxygen atoms in total. The zero-order valence-corrected chi connectivity index (χ0v) is 17.7. The molecule has 0 aliphatic carbocycles. The molecule has 1 aliphatic rings. The van der Waals surface area contributed by atoms with Crippen LogP contribution >= 0.6 is 0 Å². The van der Waals surface area contributed by atoms with Crippen molar-refractivity contribution in [2.75, 3.05) is 0 Å². The number of H-pyrrole nitrogens is 1. The average Bonchev–Trinajstić information content (AvgIpc) is 2.70. The lowest BCUT2D eigenvalue weighted by atomic mass is 9.91. The Kier molecular flexibility index (Phi) is 5.99. The SMILES string of the molecule is CC(=O)Oc1c(OC(=O)c2cc[nH+]cc2)c2c(c3ccccc13)OC(C)(C)CC2.[Cl-]. The van der Waals surface area contributed by atoms with Crippen molar-refractivity contribution in [3.8, 4) is 17.2 Å². The van der Waals surface area contributed by atoms with Crippen LogP contribution < -0.4 is 31.6 Å². The number of carbonyl (C=O) groups is 2. The van der Waals surface area contributed by atoms with E-state index in [9.17, 15) is 9.59 Å². The minimum atomic E-state index is -0.533. The summed E-state index contributed by atoms with van der Waals surface area (Å²) in [6, 6.07) is 10.7. The second-order valence-corrected chi connectivity index (χ2v) is 7.65. The van der Waals surface area contributed by atoms with Gasteiger partial charge in [0.25, 0.3) is 0 Å². The van der Waals surface area contributed by atoms with Crippen LogP contribution in [-0.4, -0.2) is 17.5 Å². The summed E-state index contributed by atoms with van der Waals surface area (Å²) in [5.41, 5.74) is 0.765. The van der Waals surface area contributed by atoms with Crippen LogP contribution in [0.5, 0.6) is 17.2 Å². The van der Waals surface area contributed by atoms with Crippen molar-refractivity contribution in [3.63, 3.8) is 0 Å². The van der Waals surface area contributed by atoms with E-state index in [1.54, 1.807) is 24.5 Å². The van der Waals surface area contributed by atoms with Crippen LogP contribution in [0.3, 0.4) is 0 Å². The summed E-state index contributed by atoms with van der Waals surface area (Å²) in [7, 11) is 0. The molecule has 0 fully saturated rings. The Morgan fingerprint density at radius 2 is 1.67 bits per heavy atom. The van der Waals surface area contributed by atoms with E-state index in [4.69, 9.17) is 14.2 Å². The van der Waals surface area contributed by atoms with Crippen LogP contribution in [0.1, 0.15) is 43.1 Å². The molecule has 7 heteroatoms. The van der Waals surface area contributed by atoms with Gasteiger partial charge in [-0.15, -0.1) is 0 Å². The molecule has 2 heterocycles. The van der Waals surface area contributed by atoms with Crippen LogP contribution in [0.25, 0.3) is 10.8 Å². The summed E-state index contributed by atoms with van der Waals surface area (Å²) in [5, 5.41) is 1.48. The van der Waals surface area contributed by atoms with E-state index in [2.05, 4.69) is 4.98 Å². The normalized spacial score (nSPS) is 14.1. The van der Waals surface area contributed by atoms with Gasteiger partial charge in [-0.25, -0.2) is 9.78 Å². The minimum absolute atomic E-state index is 0. The molecule has 1 aromatic heterocycles. The van der Waals surface area contributed by atoms with Crippen molar-refractivity contribution in [3.05, 3.63) is 59.9 Å². The van der Waals surface area contributed by atoms with Gasteiger partial charge in [-0.05, 0) is 26.7 Å². The van der Waals surface area contributed by atoms with Gasteiger partial charge < -0.3 is 26.6 Å². The smallest absolute Gasteiger partial charge is 0.344 e. The van der Waals surface area contributed by atoms with Gasteiger partial charge in [-0.2, -0.15) is 0 Å². The number of fused-ring (bicyclic) bond motifs is 3. The Morgan fingerprint density at radius 3 is 2.33 bits per heavy atom. The molecule has 1 N–H and O–H groups in total. The first-order chi connectivity index (χ1) is 13.9. The van der Waals surface area contributed by atoms with Gasteiger partial charge in [0, 0.05) is 35.4 Å². The molecule has 1 aliphatic heterocycles. The second kappa shape index (κ2) is 8.32. The molecule has 30 heavy (non-hydrogen) atoms. The highest BCUT2D eigenvalue weighted by atomic mass is 35.5. The Hall–Kier alpha value is -3.12. The maximum atomic E-state index is 12.8. The van der Waals surface area contributed by atoms with Crippen LogP contribution in [0, 0.1) is 0 Å². The van der Waals surface area contributed by atoms with Crippen molar-refractivity contribution in [1.82, 2.24) is 0 Å². The fourth-order valence-electron chi connectivity index (χ4n) is 3.53. The molecule has 0 saturated carbocycles. The lowest BCUT2D eigenvalue weighted by Crippen LogP contribution is -3.00. The highest BCUT2D eigenvalue weighted by Gasteiger charge is 2.34. The molecule has 4 rings (SSSR count). The fraction of sp³-hybridized carbons (Fsp3) is 0.261. The highest BCUT2D eigenvalue weighted by molar-refractivity contribution is 6.00. The predicted molar refractivity (Wildman–Crippen MR) is 106 cm³/mol. The monoisotopic (exact) mass is 427 g/mol. The number of esters is 2. The molecule has 0 radical (unpaired) electrons. The van der Waals surface area contributed by atoms with Crippen molar-refractivity contribution in [2.45, 2.75) is 39.2 Å². The Labute approximate surface area is 180 Å². The first kappa shape index (κ1) is 21.6. The van der Waals surface area contributed by atoms with Crippen LogP contribution in [0.2, 0.25) is 0 Å². The Balaban J connectivity index is 0.00000256. The molecule has 0 saturated heterocycles. The number of carbonyl (C=O) groups excluding carboxylic acids is 2. The Bertz CT molecular complexity index is 1110. The number of aromatic amines is 1. The zero-order chi connectivity index (χ0) is 20.6. The second-order valence-electron chi connectivity index (χ2n) is 7.65. The van der Waals surface area contributed by atoms with E-state index in [1.807, 2.05) is 38.1 Å². The molecule has 0 atom stereocenters. The first-order valence-electron chi connectivity index (χ1n) is 9.49. The summed E-state index contributed by atoms with van der Waals surface area (Å²) >= 11 is 0. The zero-order valence-electron chi connectivity index (χ0n) is 17.0. The summed E-state index contributed by atoms with van der Waals surface area (Å²) in [5.74, 6) is 0.124. The van der Waals surface area contributed by atoms with Gasteiger partial charge in [0.15, 0.2) is 23.9 Å². The summed E-state index contributed by atoms with van der Waals surface area (Å²) in [6.07, 6.45) is 4.66. The third-order valence-corrected chi connectivity index (χ3v) is 4.92. The first-order valence-corrected chi connectivity index (χ1v) is 9.49. The maximum absolute atomic E-state index is 12.8. The molecular weight excluding hydrogens is 406 g/mol. The number of rotatable bonds is 3. The fourth-order valence-corrected chi connectivity index (χ4v) is 3.53. The molecule has 2 aromatic carbocycles. The van der Waals surface area contributed by atoms with E-state index in [-0.39, 0.29) is 29.5 Å². The molecule has 0 bridgehead atoms. The third kappa shape index (κ3) is 4.09. The average molecular weight is 428 g/mol. The molecule has 0 spiro atoms. The van der Waals surface area contributed by atoms with Crippen LogP contribution in [0.4, 0.5) is 0 Å². The van der Waals surface area contributed by atoms with Crippen molar-refractivity contribution in [2.24, 2.45) is 0 Å². The van der Waals surface area contributed by atoms with Crippen molar-refractivity contribution >= 4 is 22.7 Å². The molecule has 3 aromatic rings. The topological polar surface area (TPSA) is 76.0 Å². The van der Waals surface area contributed by atoms with Gasteiger partial charge in [0.05, 0.1) is 5.56 Å². The van der Waals surface area contributed by atoms with Gasteiger partial charge in [0.2, 0.25) is 0 Å². The van der Waals surface area contributed by atoms with Crippen LogP contribution in [-0.2, 0) is 11.2 Å². The highest BCUT2D eigenvalue weighted by Crippen LogP contribution is 2.50. The standard InChI is InChI=1S/C23H21NO5.ClH/c1-14(25)27-20-17-7-5-4-6-16(17)19-18(8-11-23(2,3)29-19)21(20)28-22(26)15-9-12-24-13-10-15;/h4-7,9-10,12-13H,8,11H2,1-3H3;1H. The molecular formula is C23H22ClNO5. The minimum Gasteiger partial charge on any atom is -1.00 e. The summed E-state index contributed by atoms with van der Waals surface area (Å²) in [6.45, 7) is 5.38. The lowest BCUT2D eigenvalue weighted by Gasteiger charge is -2.34. The van der Waals surface area contributed by atoms with Gasteiger partial charge >= 0.3 is 11.9 Å². The Morgan fingerprint density at radius 1 is 1.00 bits per heavy atom. The van der Waals surface area contributed by atoms with Crippen molar-refractivity contribution in [1.29, 1.82) is 0 Å². The van der Waals surface area contributed by atoms with Gasteiger partial charge in [-0.1, -0.05) is 24.3 Å². The number of pyridine rings is 1. The molecule has 156 valence electrons. The third-order valence-electron chi connectivity index (χ3n) is 4.92. The lowest BCUT2D eigenvalue weighted by molar-refractivity contribution is -0.378. The maximum Gasteiger partial charge on any atom is 0.344 e. The number of hydrogen-bond acceptors (Lipinski definition) is 5. The van der Waals surface area contributed by atoms with E-state index < -0.39 is 11.9 Å². The number of nitrogens with one attached hydrogen (secondary N) is 1. The quantitative estimate of drug-likeness (QED) is 0.458. The van der Waals surface area contributed by atoms with Gasteiger partial charge in [0.1, 0.15) is 11.4 Å². The molecule has 0 unspecified atom stereocenters. The number of hydrogen-bond donors (Lipinski definition) is 0. The number of aromatic nitrogens is 1. The number of halogens is 1. The van der Waals surface area contributed by atoms with Crippen LogP contribution in [0.15, 0.2) is 48.8 Å². The summed E-state index contributed by atoms with van der Waals surface area (Å²) < 4.78 is 17.6. The van der Waals surface area contributed by atoms with E-state index >= 15 is 0 Å². The number of benzene rings is 2. The largest absolute Gasteiger partial charge is 1.00 e. The predicted octanol–water partition coefficient (Wildman–Crippen LogP) is 0.906. The van der Waals surface area contributed by atoms with E-state index in [0.717, 1.165) is 17.4 Å². The molecule has 0 amide bonds. The van der Waals surface area contributed by atoms with Gasteiger partial charge in [-0.3, -0.25) is 4.79 Å². The van der Waals surface area contributed by atoms with Crippen molar-refractivity contribution < 1.29 is 41.2 Å². The number of ether oxygens (including phenoxy) is 3. The summed E-state index contributed by atoms with van der Waals surface area (Å²) in [4.78, 5) is 27.5.